The Morgan fingerprint density at radius 3 is 1.94 bits per heavy atom. The molecule has 0 bridgehead atoms. The summed E-state index contributed by atoms with van der Waals surface area (Å²) in [6.07, 6.45) is 0.152. The van der Waals surface area contributed by atoms with Crippen LogP contribution < -0.4 is 0 Å². The van der Waals surface area contributed by atoms with Crippen LogP contribution in [0.2, 0.25) is 0 Å². The highest BCUT2D eigenvalue weighted by molar-refractivity contribution is 5.72. The van der Waals surface area contributed by atoms with Gasteiger partial charge in [0, 0.05) is 33.4 Å². The molecule has 0 aromatic heterocycles. The number of hydrogen-bond donors (Lipinski definition) is 0. The molecule has 0 aromatic carbocycles. The van der Waals surface area contributed by atoms with Crippen LogP contribution in [-0.2, 0) is 19.0 Å². The first-order valence-corrected chi connectivity index (χ1v) is 5.92. The Balaban J connectivity index is 2.60. The van der Waals surface area contributed by atoms with Gasteiger partial charge in [0.1, 0.15) is 0 Å². The van der Waals surface area contributed by atoms with Gasteiger partial charge in [0.25, 0.3) is 0 Å². The third kappa shape index (κ3) is 3.18. The molecule has 1 rings (SSSR count). The molecule has 5 nitrogen and oxygen atoms in total. The van der Waals surface area contributed by atoms with E-state index in [9.17, 15) is 4.79 Å². The van der Waals surface area contributed by atoms with Crippen molar-refractivity contribution in [1.29, 1.82) is 0 Å². The number of carbonyl (C=O) groups is 1. The molecule has 0 aromatic rings. The lowest BCUT2D eigenvalue weighted by molar-refractivity contribution is -0.146. The summed E-state index contributed by atoms with van der Waals surface area (Å²) >= 11 is 0. The number of likely N-dealkylation sites (tertiary alicyclic amines) is 1. The van der Waals surface area contributed by atoms with E-state index in [2.05, 4.69) is 4.90 Å². The van der Waals surface area contributed by atoms with Crippen molar-refractivity contribution in [2.45, 2.75) is 32.1 Å². The van der Waals surface area contributed by atoms with Gasteiger partial charge in [-0.25, -0.2) is 0 Å². The summed E-state index contributed by atoms with van der Waals surface area (Å²) in [4.78, 5) is 13.7. The van der Waals surface area contributed by atoms with E-state index in [0.717, 1.165) is 13.1 Å². The van der Waals surface area contributed by atoms with E-state index in [1.165, 1.54) is 7.11 Å². The van der Waals surface area contributed by atoms with E-state index in [1.807, 2.05) is 13.8 Å². The van der Waals surface area contributed by atoms with Crippen LogP contribution in [0.3, 0.4) is 0 Å². The monoisotopic (exact) mass is 245 g/mol. The van der Waals surface area contributed by atoms with Crippen molar-refractivity contribution in [1.82, 2.24) is 4.90 Å². The molecule has 0 saturated carbocycles. The highest BCUT2D eigenvalue weighted by Gasteiger charge is 2.38. The fourth-order valence-corrected chi connectivity index (χ4v) is 2.26. The Kier molecular flexibility index (Phi) is 5.36. The Bertz CT molecular complexity index is 247. The molecule has 0 N–H and O–H groups in total. The number of ether oxygens (including phenoxy) is 3. The third-order valence-corrected chi connectivity index (χ3v) is 3.72. The number of rotatable bonds is 5. The molecule has 17 heavy (non-hydrogen) atoms. The Morgan fingerprint density at radius 1 is 1.12 bits per heavy atom. The summed E-state index contributed by atoms with van der Waals surface area (Å²) in [5.41, 5.74) is 0. The van der Waals surface area contributed by atoms with Crippen LogP contribution in [0, 0.1) is 5.92 Å². The van der Waals surface area contributed by atoms with Crippen LogP contribution in [0.1, 0.15) is 13.8 Å². The molecular weight excluding hydrogens is 222 g/mol. The summed E-state index contributed by atoms with van der Waals surface area (Å²) in [5, 5.41) is 0. The van der Waals surface area contributed by atoms with E-state index < -0.39 is 0 Å². The second-order valence-corrected chi connectivity index (χ2v) is 4.55. The maximum atomic E-state index is 11.5. The largest absolute Gasteiger partial charge is 0.469 e. The molecule has 0 aliphatic carbocycles. The molecule has 100 valence electrons. The highest BCUT2D eigenvalue weighted by atomic mass is 16.5. The van der Waals surface area contributed by atoms with E-state index in [-0.39, 0.29) is 30.1 Å². The zero-order chi connectivity index (χ0) is 13.0. The number of methoxy groups -OCH3 is 3. The predicted molar refractivity (Wildman–Crippen MR) is 63.8 cm³/mol. The minimum Gasteiger partial charge on any atom is -0.469 e. The zero-order valence-corrected chi connectivity index (χ0v) is 11.3. The Hall–Kier alpha value is -0.650. The van der Waals surface area contributed by atoms with E-state index >= 15 is 0 Å². The van der Waals surface area contributed by atoms with Gasteiger partial charge in [0.2, 0.25) is 0 Å². The van der Waals surface area contributed by atoms with Crippen molar-refractivity contribution >= 4 is 5.97 Å². The molecule has 5 heteroatoms. The van der Waals surface area contributed by atoms with Gasteiger partial charge in [-0.05, 0) is 6.92 Å². The topological polar surface area (TPSA) is 48.0 Å². The molecule has 4 atom stereocenters. The van der Waals surface area contributed by atoms with E-state index in [4.69, 9.17) is 14.2 Å². The first kappa shape index (κ1) is 14.4. The Labute approximate surface area is 103 Å². The van der Waals surface area contributed by atoms with Crippen molar-refractivity contribution in [2.75, 3.05) is 34.4 Å². The van der Waals surface area contributed by atoms with Gasteiger partial charge < -0.3 is 14.2 Å². The molecular formula is C12H23NO4. The van der Waals surface area contributed by atoms with Crippen LogP contribution in [-0.4, -0.2) is 63.5 Å². The molecule has 1 aliphatic heterocycles. The molecule has 1 saturated heterocycles. The summed E-state index contributed by atoms with van der Waals surface area (Å²) in [6, 6.07) is 0.125. The van der Waals surface area contributed by atoms with Crippen LogP contribution in [0.4, 0.5) is 0 Å². The standard InChI is InChI=1S/C12H23NO4/c1-8(12(14)17-5)9(2)13-6-10(15-3)11(7-13)16-4/h8-11H,6-7H2,1-5H3. The van der Waals surface area contributed by atoms with Gasteiger partial charge in [-0.1, -0.05) is 6.92 Å². The van der Waals surface area contributed by atoms with Crippen molar-refractivity contribution < 1.29 is 19.0 Å². The van der Waals surface area contributed by atoms with Crippen molar-refractivity contribution in [3.63, 3.8) is 0 Å². The molecule has 4 unspecified atom stereocenters. The maximum absolute atomic E-state index is 11.5. The second-order valence-electron chi connectivity index (χ2n) is 4.55. The first-order chi connectivity index (χ1) is 8.04. The SMILES string of the molecule is COC(=O)C(C)C(C)N1CC(OC)C(OC)C1. The number of hydrogen-bond acceptors (Lipinski definition) is 5. The number of carbonyl (C=O) groups excluding carboxylic acids is 1. The minimum absolute atomic E-state index is 0.0762. The molecule has 0 radical (unpaired) electrons. The van der Waals surface area contributed by atoms with Crippen LogP contribution in [0.25, 0.3) is 0 Å². The van der Waals surface area contributed by atoms with E-state index in [0.29, 0.717) is 0 Å². The minimum atomic E-state index is -0.174. The lowest BCUT2D eigenvalue weighted by Gasteiger charge is -2.27. The van der Waals surface area contributed by atoms with Gasteiger partial charge in [0.15, 0.2) is 0 Å². The Morgan fingerprint density at radius 2 is 1.59 bits per heavy atom. The molecule has 1 fully saturated rings. The van der Waals surface area contributed by atoms with Gasteiger partial charge in [-0.15, -0.1) is 0 Å². The van der Waals surface area contributed by atoms with Crippen molar-refractivity contribution in [3.05, 3.63) is 0 Å². The fourth-order valence-electron chi connectivity index (χ4n) is 2.26. The molecule has 0 spiro atoms. The molecule has 1 aliphatic rings. The third-order valence-electron chi connectivity index (χ3n) is 3.72. The summed E-state index contributed by atoms with van der Waals surface area (Å²) in [7, 11) is 4.80. The maximum Gasteiger partial charge on any atom is 0.309 e. The highest BCUT2D eigenvalue weighted by Crippen LogP contribution is 2.22. The lowest BCUT2D eigenvalue weighted by Crippen LogP contribution is -2.40. The lowest BCUT2D eigenvalue weighted by atomic mass is 10.0. The quantitative estimate of drug-likeness (QED) is 0.661. The van der Waals surface area contributed by atoms with Crippen LogP contribution >= 0.6 is 0 Å². The molecule has 1 heterocycles. The predicted octanol–water partition coefficient (Wildman–Crippen LogP) is 0.530. The van der Waals surface area contributed by atoms with Gasteiger partial charge >= 0.3 is 5.97 Å². The van der Waals surface area contributed by atoms with Gasteiger partial charge in [0.05, 0.1) is 25.2 Å². The average Bonchev–Trinajstić information content (AvgIpc) is 2.78. The van der Waals surface area contributed by atoms with Crippen molar-refractivity contribution in [2.24, 2.45) is 5.92 Å². The van der Waals surface area contributed by atoms with Crippen molar-refractivity contribution in [3.8, 4) is 0 Å². The number of nitrogens with zero attached hydrogens (tertiary/aromatic N) is 1. The average molecular weight is 245 g/mol. The molecule has 0 amide bonds. The fraction of sp³-hybridized carbons (Fsp3) is 0.917. The number of esters is 1. The second kappa shape index (κ2) is 6.33. The van der Waals surface area contributed by atoms with Crippen LogP contribution in [0.5, 0.6) is 0 Å². The van der Waals surface area contributed by atoms with E-state index in [1.54, 1.807) is 14.2 Å². The zero-order valence-electron chi connectivity index (χ0n) is 11.3. The van der Waals surface area contributed by atoms with Gasteiger partial charge in [-0.2, -0.15) is 0 Å². The smallest absolute Gasteiger partial charge is 0.309 e. The summed E-state index contributed by atoms with van der Waals surface area (Å²) < 4.78 is 15.5. The first-order valence-electron chi connectivity index (χ1n) is 5.92. The van der Waals surface area contributed by atoms with Crippen LogP contribution in [0.15, 0.2) is 0 Å². The normalized spacial score (nSPS) is 29.0. The summed E-state index contributed by atoms with van der Waals surface area (Å²) in [6.45, 7) is 5.50. The van der Waals surface area contributed by atoms with Gasteiger partial charge in [-0.3, -0.25) is 9.69 Å². The summed E-state index contributed by atoms with van der Waals surface area (Å²) in [5.74, 6) is -0.319.